The smallest absolute Gasteiger partial charge is 0.170 e. The molecule has 1 heterocycles. The molecule has 1 aromatic heterocycles. The van der Waals surface area contributed by atoms with Crippen LogP contribution in [0.3, 0.4) is 0 Å². The van der Waals surface area contributed by atoms with Crippen LogP contribution in [-0.2, 0) is 16.0 Å². The van der Waals surface area contributed by atoms with Crippen LogP contribution in [0.15, 0.2) is 22.8 Å². The van der Waals surface area contributed by atoms with Crippen molar-refractivity contribution in [2.24, 2.45) is 0 Å². The SMILES string of the molecule is COC1(C(=O)Cc2ccc(Br)cn2)CCCC1. The number of halogens is 1. The predicted molar refractivity (Wildman–Crippen MR) is 68.9 cm³/mol. The van der Waals surface area contributed by atoms with Crippen LogP contribution >= 0.6 is 15.9 Å². The van der Waals surface area contributed by atoms with E-state index in [2.05, 4.69) is 20.9 Å². The second-order valence-electron chi connectivity index (χ2n) is 4.47. The fraction of sp³-hybridized carbons (Fsp3) is 0.538. The quantitative estimate of drug-likeness (QED) is 0.858. The average Bonchev–Trinajstić information content (AvgIpc) is 2.82. The van der Waals surface area contributed by atoms with E-state index in [4.69, 9.17) is 4.74 Å². The van der Waals surface area contributed by atoms with E-state index in [0.29, 0.717) is 6.42 Å². The molecule has 1 fully saturated rings. The van der Waals surface area contributed by atoms with Crippen molar-refractivity contribution in [2.75, 3.05) is 7.11 Å². The first kappa shape index (κ1) is 12.7. The summed E-state index contributed by atoms with van der Waals surface area (Å²) in [5, 5.41) is 0. The third-order valence-electron chi connectivity index (χ3n) is 3.44. The summed E-state index contributed by atoms with van der Waals surface area (Å²) in [5.74, 6) is 0.160. The van der Waals surface area contributed by atoms with Gasteiger partial charge in [-0.15, -0.1) is 0 Å². The van der Waals surface area contributed by atoms with E-state index in [1.165, 1.54) is 0 Å². The van der Waals surface area contributed by atoms with Gasteiger partial charge in [-0.05, 0) is 53.7 Å². The van der Waals surface area contributed by atoms with Crippen molar-refractivity contribution in [3.05, 3.63) is 28.5 Å². The van der Waals surface area contributed by atoms with Crippen molar-refractivity contribution in [3.8, 4) is 0 Å². The molecule has 1 aliphatic rings. The summed E-state index contributed by atoms with van der Waals surface area (Å²) in [4.78, 5) is 16.5. The molecule has 0 saturated heterocycles. The van der Waals surface area contributed by atoms with Gasteiger partial charge in [0.05, 0.1) is 6.42 Å². The zero-order chi connectivity index (χ0) is 12.3. The molecule has 0 aromatic carbocycles. The number of hydrogen-bond acceptors (Lipinski definition) is 3. The molecule has 0 aliphatic heterocycles. The summed E-state index contributed by atoms with van der Waals surface area (Å²) in [7, 11) is 1.64. The number of pyridine rings is 1. The summed E-state index contributed by atoms with van der Waals surface area (Å²) >= 11 is 3.33. The molecule has 1 aliphatic carbocycles. The maximum Gasteiger partial charge on any atom is 0.170 e. The number of ketones is 1. The Morgan fingerprint density at radius 1 is 1.47 bits per heavy atom. The molecule has 0 radical (unpaired) electrons. The zero-order valence-corrected chi connectivity index (χ0v) is 11.5. The number of carbonyl (C=O) groups is 1. The molecule has 4 heteroatoms. The Morgan fingerprint density at radius 2 is 2.18 bits per heavy atom. The molecule has 17 heavy (non-hydrogen) atoms. The Hall–Kier alpha value is -0.740. The van der Waals surface area contributed by atoms with E-state index < -0.39 is 5.60 Å². The van der Waals surface area contributed by atoms with Crippen LogP contribution in [-0.4, -0.2) is 23.5 Å². The monoisotopic (exact) mass is 297 g/mol. The van der Waals surface area contributed by atoms with Gasteiger partial charge < -0.3 is 4.74 Å². The van der Waals surface area contributed by atoms with Crippen LogP contribution in [0, 0.1) is 0 Å². The molecule has 0 bridgehead atoms. The number of methoxy groups -OCH3 is 1. The minimum absolute atomic E-state index is 0.160. The van der Waals surface area contributed by atoms with Crippen LogP contribution in [0.2, 0.25) is 0 Å². The van der Waals surface area contributed by atoms with Gasteiger partial charge in [-0.3, -0.25) is 9.78 Å². The number of aromatic nitrogens is 1. The maximum absolute atomic E-state index is 12.3. The minimum atomic E-state index is -0.547. The second-order valence-corrected chi connectivity index (χ2v) is 5.39. The van der Waals surface area contributed by atoms with E-state index in [1.54, 1.807) is 13.3 Å². The summed E-state index contributed by atoms with van der Waals surface area (Å²) in [5.41, 5.74) is 0.260. The molecular formula is C13H16BrNO2. The lowest BCUT2D eigenvalue weighted by Gasteiger charge is -2.25. The molecule has 2 rings (SSSR count). The van der Waals surface area contributed by atoms with Crippen LogP contribution in [0.25, 0.3) is 0 Å². The Bertz CT molecular complexity index is 396. The van der Waals surface area contributed by atoms with E-state index in [1.807, 2.05) is 12.1 Å². The van der Waals surface area contributed by atoms with Crippen LogP contribution < -0.4 is 0 Å². The summed E-state index contributed by atoms with van der Waals surface area (Å²) in [6.45, 7) is 0. The standard InChI is InChI=1S/C13H16BrNO2/c1-17-13(6-2-3-7-13)12(16)8-11-5-4-10(14)9-15-11/h4-5,9H,2-3,6-8H2,1H3. The highest BCUT2D eigenvalue weighted by atomic mass is 79.9. The van der Waals surface area contributed by atoms with Gasteiger partial charge in [0.1, 0.15) is 5.60 Å². The Balaban J connectivity index is 2.08. The topological polar surface area (TPSA) is 39.2 Å². The summed E-state index contributed by atoms with van der Waals surface area (Å²) < 4.78 is 6.40. The fourth-order valence-corrected chi connectivity index (χ4v) is 2.61. The summed E-state index contributed by atoms with van der Waals surface area (Å²) in [6.07, 6.45) is 5.93. The molecule has 1 saturated carbocycles. The maximum atomic E-state index is 12.3. The van der Waals surface area contributed by atoms with Gasteiger partial charge in [0, 0.05) is 23.5 Å². The van der Waals surface area contributed by atoms with E-state index in [9.17, 15) is 4.79 Å². The zero-order valence-electron chi connectivity index (χ0n) is 9.91. The highest BCUT2D eigenvalue weighted by molar-refractivity contribution is 9.10. The third kappa shape index (κ3) is 2.75. The van der Waals surface area contributed by atoms with Crippen molar-refractivity contribution < 1.29 is 9.53 Å². The van der Waals surface area contributed by atoms with Crippen LogP contribution in [0.5, 0.6) is 0 Å². The number of rotatable bonds is 4. The average molecular weight is 298 g/mol. The van der Waals surface area contributed by atoms with E-state index in [0.717, 1.165) is 35.8 Å². The van der Waals surface area contributed by atoms with Gasteiger partial charge in [-0.1, -0.05) is 0 Å². The van der Waals surface area contributed by atoms with E-state index >= 15 is 0 Å². The van der Waals surface area contributed by atoms with Gasteiger partial charge in [0.2, 0.25) is 0 Å². The summed E-state index contributed by atoms with van der Waals surface area (Å²) in [6, 6.07) is 3.78. The molecule has 0 N–H and O–H groups in total. The first-order valence-corrected chi connectivity index (χ1v) is 6.64. The van der Waals surface area contributed by atoms with Gasteiger partial charge in [-0.25, -0.2) is 0 Å². The first-order valence-electron chi connectivity index (χ1n) is 5.85. The van der Waals surface area contributed by atoms with Crippen molar-refractivity contribution in [2.45, 2.75) is 37.7 Å². The Labute approximate surface area is 110 Å². The predicted octanol–water partition coefficient (Wildman–Crippen LogP) is 2.91. The van der Waals surface area contributed by atoms with Crippen molar-refractivity contribution >= 4 is 21.7 Å². The van der Waals surface area contributed by atoms with Gasteiger partial charge in [-0.2, -0.15) is 0 Å². The Morgan fingerprint density at radius 3 is 2.71 bits per heavy atom. The molecular weight excluding hydrogens is 282 g/mol. The van der Waals surface area contributed by atoms with Gasteiger partial charge in [0.15, 0.2) is 5.78 Å². The number of nitrogens with zero attached hydrogens (tertiary/aromatic N) is 1. The molecule has 0 spiro atoms. The molecule has 0 amide bonds. The van der Waals surface area contributed by atoms with Gasteiger partial charge in [0.25, 0.3) is 0 Å². The highest BCUT2D eigenvalue weighted by Gasteiger charge is 2.40. The minimum Gasteiger partial charge on any atom is -0.370 e. The lowest BCUT2D eigenvalue weighted by atomic mass is 9.93. The number of ether oxygens (including phenoxy) is 1. The number of hydrogen-bond donors (Lipinski definition) is 0. The molecule has 3 nitrogen and oxygen atoms in total. The number of Topliss-reactive ketones (excluding diaryl/α,β-unsaturated/α-hetero) is 1. The second kappa shape index (κ2) is 5.27. The van der Waals surface area contributed by atoms with Crippen LogP contribution in [0.1, 0.15) is 31.4 Å². The third-order valence-corrected chi connectivity index (χ3v) is 3.91. The Kier molecular flexibility index (Phi) is 3.94. The molecule has 0 atom stereocenters. The fourth-order valence-electron chi connectivity index (χ4n) is 2.38. The van der Waals surface area contributed by atoms with Crippen LogP contribution in [0.4, 0.5) is 0 Å². The first-order chi connectivity index (χ1) is 8.16. The van der Waals surface area contributed by atoms with Gasteiger partial charge >= 0.3 is 0 Å². The molecule has 1 aromatic rings. The van der Waals surface area contributed by atoms with E-state index in [-0.39, 0.29) is 5.78 Å². The highest BCUT2D eigenvalue weighted by Crippen LogP contribution is 2.34. The lowest BCUT2D eigenvalue weighted by Crippen LogP contribution is -2.39. The largest absolute Gasteiger partial charge is 0.370 e. The molecule has 92 valence electrons. The lowest BCUT2D eigenvalue weighted by molar-refractivity contribution is -0.139. The van der Waals surface area contributed by atoms with Crippen molar-refractivity contribution in [1.29, 1.82) is 0 Å². The normalized spacial score (nSPS) is 18.2. The van der Waals surface area contributed by atoms with Crippen molar-refractivity contribution in [1.82, 2.24) is 4.98 Å². The van der Waals surface area contributed by atoms with Crippen molar-refractivity contribution in [3.63, 3.8) is 0 Å². The molecule has 0 unspecified atom stereocenters. The number of carbonyl (C=O) groups excluding carboxylic acids is 1.